The minimum atomic E-state index is -0.0112. The van der Waals surface area contributed by atoms with Gasteiger partial charge in [-0.1, -0.05) is 12.2 Å². The van der Waals surface area contributed by atoms with E-state index in [1.807, 2.05) is 19.1 Å². The van der Waals surface area contributed by atoms with Gasteiger partial charge in [-0.2, -0.15) is 0 Å². The Hall–Kier alpha value is -0.0500. The average Bonchev–Trinajstić information content (AvgIpc) is 1.91. The molecule has 0 radical (unpaired) electrons. The highest BCUT2D eigenvalue weighted by atomic mass is 35.5. The molecule has 0 fully saturated rings. The van der Waals surface area contributed by atoms with Crippen LogP contribution in [0, 0.1) is 0 Å². The standard InChI is InChI=1S/C6H12ClNO/c1-2-3-4-6(5-9)8-7/h2-3,6,8-9H,4-5H2,1H3. The van der Waals surface area contributed by atoms with Crippen LogP contribution in [0.3, 0.4) is 0 Å². The van der Waals surface area contributed by atoms with Crippen molar-refractivity contribution in [3.8, 4) is 0 Å². The van der Waals surface area contributed by atoms with E-state index in [9.17, 15) is 0 Å². The maximum Gasteiger partial charge on any atom is 0.0600 e. The Morgan fingerprint density at radius 3 is 2.78 bits per heavy atom. The summed E-state index contributed by atoms with van der Waals surface area (Å²) in [5.41, 5.74) is 0. The zero-order valence-electron chi connectivity index (χ0n) is 5.47. The number of allylic oxidation sites excluding steroid dienone is 1. The molecule has 2 N–H and O–H groups in total. The Balaban J connectivity index is 3.31. The molecule has 0 bridgehead atoms. The van der Waals surface area contributed by atoms with Crippen LogP contribution < -0.4 is 4.84 Å². The molecular formula is C6H12ClNO. The first-order valence-electron chi connectivity index (χ1n) is 2.93. The lowest BCUT2D eigenvalue weighted by molar-refractivity contribution is 0.259. The van der Waals surface area contributed by atoms with Crippen molar-refractivity contribution in [1.82, 2.24) is 4.84 Å². The second-order valence-electron chi connectivity index (χ2n) is 1.79. The van der Waals surface area contributed by atoms with Gasteiger partial charge in [-0.05, 0) is 25.1 Å². The average molecular weight is 150 g/mol. The van der Waals surface area contributed by atoms with E-state index in [2.05, 4.69) is 4.84 Å². The fraction of sp³-hybridized carbons (Fsp3) is 0.667. The molecule has 0 saturated carbocycles. The smallest absolute Gasteiger partial charge is 0.0600 e. The quantitative estimate of drug-likeness (QED) is 0.463. The molecule has 0 aromatic carbocycles. The zero-order chi connectivity index (χ0) is 7.11. The van der Waals surface area contributed by atoms with Gasteiger partial charge in [0.1, 0.15) is 0 Å². The van der Waals surface area contributed by atoms with E-state index in [1.54, 1.807) is 0 Å². The molecule has 0 aromatic heterocycles. The van der Waals surface area contributed by atoms with Crippen LogP contribution in [0.15, 0.2) is 12.2 Å². The second kappa shape index (κ2) is 6.08. The first-order valence-corrected chi connectivity index (χ1v) is 3.31. The molecule has 0 aromatic rings. The third-order valence-corrected chi connectivity index (χ3v) is 1.34. The molecule has 0 rings (SSSR count). The van der Waals surface area contributed by atoms with Crippen LogP contribution in [0.2, 0.25) is 0 Å². The van der Waals surface area contributed by atoms with Gasteiger partial charge in [0.2, 0.25) is 0 Å². The van der Waals surface area contributed by atoms with Crippen molar-refractivity contribution in [2.45, 2.75) is 19.4 Å². The number of rotatable bonds is 4. The third-order valence-electron chi connectivity index (χ3n) is 1.03. The normalized spacial score (nSPS) is 14.6. The van der Waals surface area contributed by atoms with Crippen molar-refractivity contribution < 1.29 is 5.11 Å². The van der Waals surface area contributed by atoms with Gasteiger partial charge in [0.15, 0.2) is 0 Å². The summed E-state index contributed by atoms with van der Waals surface area (Å²) >= 11 is 5.26. The number of nitrogens with one attached hydrogen (secondary N) is 1. The third kappa shape index (κ3) is 4.45. The highest BCUT2D eigenvalue weighted by molar-refractivity contribution is 6.13. The van der Waals surface area contributed by atoms with Gasteiger partial charge >= 0.3 is 0 Å². The lowest BCUT2D eigenvalue weighted by Crippen LogP contribution is -2.23. The molecule has 0 saturated heterocycles. The van der Waals surface area contributed by atoms with Crippen LogP contribution in [0.4, 0.5) is 0 Å². The summed E-state index contributed by atoms with van der Waals surface area (Å²) in [7, 11) is 0. The van der Waals surface area contributed by atoms with Crippen LogP contribution in [0.5, 0.6) is 0 Å². The molecule has 1 atom stereocenters. The molecule has 1 unspecified atom stereocenters. The number of hydrogen-bond donors (Lipinski definition) is 2. The molecule has 0 amide bonds. The fourth-order valence-corrected chi connectivity index (χ4v) is 0.612. The number of aliphatic hydroxyl groups is 1. The molecule has 0 spiro atoms. The van der Waals surface area contributed by atoms with E-state index in [4.69, 9.17) is 16.9 Å². The van der Waals surface area contributed by atoms with Crippen molar-refractivity contribution in [2.24, 2.45) is 0 Å². The molecule has 0 heterocycles. The molecule has 2 nitrogen and oxygen atoms in total. The van der Waals surface area contributed by atoms with Crippen molar-refractivity contribution >= 4 is 11.8 Å². The number of aliphatic hydroxyl groups excluding tert-OH is 1. The maximum absolute atomic E-state index is 8.57. The first-order chi connectivity index (χ1) is 4.35. The summed E-state index contributed by atoms with van der Waals surface area (Å²) in [6.07, 6.45) is 4.66. The SMILES string of the molecule is CC=CCC(CO)NCl. The minimum absolute atomic E-state index is 0.0112. The molecule has 9 heavy (non-hydrogen) atoms. The van der Waals surface area contributed by atoms with Crippen LogP contribution in [0.1, 0.15) is 13.3 Å². The molecule has 0 aliphatic rings. The molecule has 0 aliphatic heterocycles. The molecule has 0 aliphatic carbocycles. The van der Waals surface area contributed by atoms with Gasteiger partial charge in [-0.3, -0.25) is 0 Å². The van der Waals surface area contributed by atoms with E-state index in [1.165, 1.54) is 0 Å². The predicted octanol–water partition coefficient (Wildman–Crippen LogP) is 1.06. The predicted molar refractivity (Wildman–Crippen MR) is 39.3 cm³/mol. The number of hydrogen-bond acceptors (Lipinski definition) is 2. The monoisotopic (exact) mass is 149 g/mol. The van der Waals surface area contributed by atoms with Gasteiger partial charge in [-0.15, -0.1) is 0 Å². The molecular weight excluding hydrogens is 138 g/mol. The fourth-order valence-electron chi connectivity index (χ4n) is 0.454. The Bertz CT molecular complexity index is 81.1. The summed E-state index contributed by atoms with van der Waals surface area (Å²) in [6, 6.07) is -0.0112. The van der Waals surface area contributed by atoms with Crippen molar-refractivity contribution in [3.05, 3.63) is 12.2 Å². The summed E-state index contributed by atoms with van der Waals surface area (Å²) < 4.78 is 0. The van der Waals surface area contributed by atoms with E-state index >= 15 is 0 Å². The summed E-state index contributed by atoms with van der Waals surface area (Å²) in [5.74, 6) is 0. The highest BCUT2D eigenvalue weighted by Gasteiger charge is 1.99. The van der Waals surface area contributed by atoms with Crippen LogP contribution in [-0.4, -0.2) is 17.8 Å². The Kier molecular flexibility index (Phi) is 6.04. The Labute approximate surface area is 60.6 Å². The van der Waals surface area contributed by atoms with E-state index < -0.39 is 0 Å². The minimum Gasteiger partial charge on any atom is -0.395 e. The highest BCUT2D eigenvalue weighted by Crippen LogP contribution is 1.92. The van der Waals surface area contributed by atoms with Gasteiger partial charge in [0.25, 0.3) is 0 Å². The zero-order valence-corrected chi connectivity index (χ0v) is 6.23. The van der Waals surface area contributed by atoms with Gasteiger partial charge < -0.3 is 5.11 Å². The van der Waals surface area contributed by atoms with E-state index in [-0.39, 0.29) is 12.6 Å². The lowest BCUT2D eigenvalue weighted by atomic mass is 10.2. The van der Waals surface area contributed by atoms with E-state index in [0.29, 0.717) is 0 Å². The molecule has 3 heteroatoms. The largest absolute Gasteiger partial charge is 0.395 e. The van der Waals surface area contributed by atoms with Crippen molar-refractivity contribution in [2.75, 3.05) is 6.61 Å². The van der Waals surface area contributed by atoms with Crippen LogP contribution in [-0.2, 0) is 0 Å². The Morgan fingerprint density at radius 1 is 1.78 bits per heavy atom. The summed E-state index contributed by atoms with van der Waals surface area (Å²) in [6.45, 7) is 2.01. The Morgan fingerprint density at radius 2 is 2.44 bits per heavy atom. The summed E-state index contributed by atoms with van der Waals surface area (Å²) in [5, 5.41) is 8.57. The summed E-state index contributed by atoms with van der Waals surface area (Å²) in [4.78, 5) is 2.46. The van der Waals surface area contributed by atoms with Gasteiger partial charge in [0.05, 0.1) is 6.61 Å². The van der Waals surface area contributed by atoms with E-state index in [0.717, 1.165) is 6.42 Å². The van der Waals surface area contributed by atoms with Crippen LogP contribution >= 0.6 is 11.8 Å². The molecule has 54 valence electrons. The van der Waals surface area contributed by atoms with Gasteiger partial charge in [0, 0.05) is 6.04 Å². The van der Waals surface area contributed by atoms with Crippen molar-refractivity contribution in [1.29, 1.82) is 0 Å². The van der Waals surface area contributed by atoms with Crippen LogP contribution in [0.25, 0.3) is 0 Å². The maximum atomic E-state index is 8.57. The second-order valence-corrected chi connectivity index (χ2v) is 2.01. The lowest BCUT2D eigenvalue weighted by Gasteiger charge is -2.06. The number of halogens is 1. The van der Waals surface area contributed by atoms with Crippen molar-refractivity contribution in [3.63, 3.8) is 0 Å². The first kappa shape index (κ1) is 8.95. The van der Waals surface area contributed by atoms with Gasteiger partial charge in [-0.25, -0.2) is 4.84 Å². The topological polar surface area (TPSA) is 32.3 Å².